The highest BCUT2D eigenvalue weighted by atomic mass is 19.4. The molecule has 10 heteroatoms. The molecule has 0 unspecified atom stereocenters. The van der Waals surface area contributed by atoms with Gasteiger partial charge in [-0.05, 0) is 60.7 Å². The third-order valence-electron chi connectivity index (χ3n) is 4.62. The molecule has 0 heterocycles. The van der Waals surface area contributed by atoms with Crippen molar-refractivity contribution in [2.75, 3.05) is 29.6 Å². The maximum Gasteiger partial charge on any atom is 0.416 e. The van der Waals surface area contributed by atoms with E-state index in [0.717, 1.165) is 12.1 Å². The molecule has 3 aromatic carbocycles. The molecular weight excluding hydrogens is 451 g/mol. The quantitative estimate of drug-likeness (QED) is 0.431. The number of carbonyl (C=O) groups is 3. The number of carbonyl (C=O) groups excluding carboxylic acids is 3. The zero-order chi connectivity index (χ0) is 24.7. The van der Waals surface area contributed by atoms with E-state index in [4.69, 9.17) is 0 Å². The number of nitrogens with one attached hydrogen (secondary N) is 3. The maximum atomic E-state index is 12.9. The first-order valence-corrected chi connectivity index (χ1v) is 9.96. The topological polar surface area (TPSA) is 96.5 Å². The normalized spacial score (nSPS) is 10.8. The van der Waals surface area contributed by atoms with Crippen LogP contribution < -0.4 is 16.0 Å². The van der Waals surface area contributed by atoms with Crippen molar-refractivity contribution in [3.8, 4) is 0 Å². The molecule has 0 aliphatic rings. The first-order valence-electron chi connectivity index (χ1n) is 9.96. The summed E-state index contributed by atoms with van der Waals surface area (Å²) in [4.78, 5) is 36.2. The van der Waals surface area contributed by atoms with Crippen molar-refractivity contribution in [3.05, 3.63) is 89.5 Å². The number of esters is 1. The number of anilines is 3. The Morgan fingerprint density at radius 2 is 1.44 bits per heavy atom. The molecule has 0 aliphatic carbocycles. The molecule has 7 nitrogen and oxygen atoms in total. The predicted molar refractivity (Wildman–Crippen MR) is 121 cm³/mol. The van der Waals surface area contributed by atoms with Gasteiger partial charge in [0.25, 0.3) is 5.91 Å². The highest BCUT2D eigenvalue weighted by Crippen LogP contribution is 2.30. The molecule has 0 saturated carbocycles. The number of hydrogen-bond donors (Lipinski definition) is 3. The number of rotatable bonds is 7. The van der Waals surface area contributed by atoms with E-state index in [1.807, 2.05) is 0 Å². The number of amides is 2. The third-order valence-corrected chi connectivity index (χ3v) is 4.62. The Balaban J connectivity index is 1.58. The predicted octanol–water partition coefficient (Wildman–Crippen LogP) is 4.79. The number of alkyl halides is 3. The lowest BCUT2D eigenvalue weighted by atomic mass is 10.1. The van der Waals surface area contributed by atoms with Gasteiger partial charge in [-0.3, -0.25) is 9.59 Å². The summed E-state index contributed by atoms with van der Waals surface area (Å²) in [6.07, 6.45) is -4.53. The Kier molecular flexibility index (Phi) is 7.52. The van der Waals surface area contributed by atoms with E-state index < -0.39 is 29.5 Å². The minimum atomic E-state index is -4.53. The fraction of sp³-hybridized carbons (Fsp3) is 0.125. The summed E-state index contributed by atoms with van der Waals surface area (Å²) in [6, 6.07) is 16.6. The molecule has 176 valence electrons. The van der Waals surface area contributed by atoms with Crippen LogP contribution in [0.2, 0.25) is 0 Å². The van der Waals surface area contributed by atoms with E-state index in [9.17, 15) is 27.6 Å². The van der Waals surface area contributed by atoms with Gasteiger partial charge in [0.05, 0.1) is 24.8 Å². The van der Waals surface area contributed by atoms with E-state index in [1.165, 1.54) is 37.4 Å². The fourth-order valence-corrected chi connectivity index (χ4v) is 2.94. The molecule has 0 radical (unpaired) electrons. The summed E-state index contributed by atoms with van der Waals surface area (Å²) < 4.78 is 43.2. The summed E-state index contributed by atoms with van der Waals surface area (Å²) in [5.74, 6) is -1.49. The lowest BCUT2D eigenvalue weighted by Gasteiger charge is -2.11. The lowest BCUT2D eigenvalue weighted by Crippen LogP contribution is -2.22. The molecule has 0 saturated heterocycles. The van der Waals surface area contributed by atoms with Crippen LogP contribution in [0.25, 0.3) is 0 Å². The number of ether oxygens (including phenoxy) is 1. The summed E-state index contributed by atoms with van der Waals surface area (Å²) in [6.45, 7) is -0.0851. The Morgan fingerprint density at radius 3 is 2.09 bits per heavy atom. The molecule has 34 heavy (non-hydrogen) atoms. The third kappa shape index (κ3) is 6.58. The standard InChI is InChI=1S/C24H20F3N3O4/c1-34-23(33)15-8-10-18(11-9-15)28-14-21(31)29-19-6-2-4-16(12-19)22(32)30-20-7-3-5-17(13-20)24(25,26)27/h2-13,28H,14H2,1H3,(H,29,31)(H,30,32). The highest BCUT2D eigenvalue weighted by molar-refractivity contribution is 6.05. The molecule has 0 aromatic heterocycles. The van der Waals surface area contributed by atoms with E-state index in [0.29, 0.717) is 16.9 Å². The Bertz CT molecular complexity index is 1190. The van der Waals surface area contributed by atoms with Gasteiger partial charge < -0.3 is 20.7 Å². The van der Waals surface area contributed by atoms with Crippen LogP contribution in [0.15, 0.2) is 72.8 Å². The van der Waals surface area contributed by atoms with Crippen molar-refractivity contribution in [2.45, 2.75) is 6.18 Å². The molecule has 2 amide bonds. The second-order valence-electron chi connectivity index (χ2n) is 7.08. The smallest absolute Gasteiger partial charge is 0.416 e. The van der Waals surface area contributed by atoms with Crippen molar-refractivity contribution in [1.29, 1.82) is 0 Å². The molecule has 0 atom stereocenters. The number of methoxy groups -OCH3 is 1. The maximum absolute atomic E-state index is 12.9. The second-order valence-corrected chi connectivity index (χ2v) is 7.08. The van der Waals surface area contributed by atoms with Crippen molar-refractivity contribution < 1.29 is 32.3 Å². The molecular formula is C24H20F3N3O4. The van der Waals surface area contributed by atoms with E-state index in [-0.39, 0.29) is 17.8 Å². The largest absolute Gasteiger partial charge is 0.465 e. The van der Waals surface area contributed by atoms with E-state index in [1.54, 1.807) is 30.3 Å². The van der Waals surface area contributed by atoms with Crippen LogP contribution >= 0.6 is 0 Å². The first kappa shape index (κ1) is 24.3. The number of halogens is 3. The fourth-order valence-electron chi connectivity index (χ4n) is 2.94. The van der Waals surface area contributed by atoms with Gasteiger partial charge in [-0.2, -0.15) is 13.2 Å². The number of hydrogen-bond acceptors (Lipinski definition) is 5. The van der Waals surface area contributed by atoms with Crippen molar-refractivity contribution in [2.24, 2.45) is 0 Å². The average Bonchev–Trinajstić information content (AvgIpc) is 2.82. The lowest BCUT2D eigenvalue weighted by molar-refractivity contribution is -0.137. The minimum absolute atomic E-state index is 0.00307. The zero-order valence-electron chi connectivity index (χ0n) is 17.9. The summed E-state index contributed by atoms with van der Waals surface area (Å²) in [7, 11) is 1.28. The van der Waals surface area contributed by atoms with Gasteiger partial charge in [0.2, 0.25) is 5.91 Å². The molecule has 3 rings (SSSR count). The molecule has 0 fully saturated rings. The van der Waals surface area contributed by atoms with Gasteiger partial charge in [0.15, 0.2) is 0 Å². The van der Waals surface area contributed by atoms with Crippen LogP contribution in [-0.2, 0) is 15.7 Å². The molecule has 0 spiro atoms. The minimum Gasteiger partial charge on any atom is -0.465 e. The first-order chi connectivity index (χ1) is 16.2. The monoisotopic (exact) mass is 471 g/mol. The molecule has 3 aromatic rings. The highest BCUT2D eigenvalue weighted by Gasteiger charge is 2.30. The van der Waals surface area contributed by atoms with Crippen molar-refractivity contribution in [1.82, 2.24) is 0 Å². The van der Waals surface area contributed by atoms with E-state index >= 15 is 0 Å². The second kappa shape index (κ2) is 10.5. The van der Waals surface area contributed by atoms with Gasteiger partial charge in [-0.25, -0.2) is 4.79 Å². The summed E-state index contributed by atoms with van der Waals surface area (Å²) in [5, 5.41) is 7.95. The van der Waals surface area contributed by atoms with Crippen molar-refractivity contribution in [3.63, 3.8) is 0 Å². The van der Waals surface area contributed by atoms with Crippen LogP contribution in [0.1, 0.15) is 26.3 Å². The van der Waals surface area contributed by atoms with Crippen LogP contribution in [0, 0.1) is 0 Å². The van der Waals surface area contributed by atoms with Gasteiger partial charge in [0, 0.05) is 22.6 Å². The Labute approximate surface area is 192 Å². The van der Waals surface area contributed by atoms with Crippen LogP contribution in [-0.4, -0.2) is 31.4 Å². The van der Waals surface area contributed by atoms with Crippen molar-refractivity contribution >= 4 is 34.8 Å². The molecule has 3 N–H and O–H groups in total. The van der Waals surface area contributed by atoms with E-state index in [2.05, 4.69) is 20.7 Å². The van der Waals surface area contributed by atoms with Gasteiger partial charge in [-0.1, -0.05) is 12.1 Å². The summed E-state index contributed by atoms with van der Waals surface area (Å²) >= 11 is 0. The van der Waals surface area contributed by atoms with Crippen LogP contribution in [0.3, 0.4) is 0 Å². The molecule has 0 bridgehead atoms. The summed E-state index contributed by atoms with van der Waals surface area (Å²) in [5.41, 5.74) is 0.594. The Morgan fingerprint density at radius 1 is 0.794 bits per heavy atom. The SMILES string of the molecule is COC(=O)c1ccc(NCC(=O)Nc2cccc(C(=O)Nc3cccc(C(F)(F)F)c3)c2)cc1. The van der Waals surface area contributed by atoms with Gasteiger partial charge >= 0.3 is 12.1 Å². The average molecular weight is 471 g/mol. The van der Waals surface area contributed by atoms with Crippen LogP contribution in [0.4, 0.5) is 30.2 Å². The zero-order valence-corrected chi connectivity index (χ0v) is 17.9. The van der Waals surface area contributed by atoms with Gasteiger partial charge in [0.1, 0.15) is 0 Å². The van der Waals surface area contributed by atoms with Gasteiger partial charge in [-0.15, -0.1) is 0 Å². The molecule has 0 aliphatic heterocycles. The Hall–Kier alpha value is -4.34. The number of benzene rings is 3. The van der Waals surface area contributed by atoms with Crippen LogP contribution in [0.5, 0.6) is 0 Å².